The molecule has 0 saturated heterocycles. The van der Waals surface area contributed by atoms with Gasteiger partial charge in [0, 0.05) is 39.1 Å². The summed E-state index contributed by atoms with van der Waals surface area (Å²) in [7, 11) is 0. The van der Waals surface area contributed by atoms with Gasteiger partial charge in [-0.25, -0.2) is 9.97 Å². The summed E-state index contributed by atoms with van der Waals surface area (Å²) in [6, 6.07) is 48.7. The van der Waals surface area contributed by atoms with Crippen molar-refractivity contribution >= 4 is 70.2 Å². The Balaban J connectivity index is 0.000000185. The number of carbonyl (C=O) groups is 4. The Morgan fingerprint density at radius 1 is 0.328 bits per heavy atom. The molecule has 0 saturated carbocycles. The molecule has 7 aromatic rings. The van der Waals surface area contributed by atoms with E-state index in [1.165, 1.54) is 48.5 Å². The summed E-state index contributed by atoms with van der Waals surface area (Å²) in [6.07, 6.45) is 8.05. The molecule has 2 aliphatic heterocycles. The molecule has 13 heteroatoms. The monoisotopic (exact) mass is 849 g/mol. The number of nitrogens with zero attached hydrogens (tertiary/aromatic N) is 2. The van der Waals surface area contributed by atoms with Crippen LogP contribution in [0.3, 0.4) is 0 Å². The van der Waals surface area contributed by atoms with Crippen LogP contribution in [-0.2, 0) is 17.1 Å². The van der Waals surface area contributed by atoms with Crippen LogP contribution < -0.4 is 20.4 Å². The van der Waals surface area contributed by atoms with E-state index in [1.807, 2.05) is 42.5 Å². The van der Waals surface area contributed by atoms with Crippen molar-refractivity contribution in [2.45, 2.75) is 0 Å². The summed E-state index contributed by atoms with van der Waals surface area (Å²) < 4.78 is 0. The van der Waals surface area contributed by atoms with Crippen molar-refractivity contribution in [3.63, 3.8) is 0 Å². The molecule has 4 aromatic carbocycles. The standard InChI is InChI=1S/C20H14N4.4C7H6O2.Mn/c1-2-14-10-16-5-6-18(23-16)12-20-8-7-19(24-20)11-17-4-3-15(22-17)9-13(1)21-14;4*8-7(9)6-4-2-1-3-5-6;/h1-12,21-22H;4*1-5H,(H,8,9);/p-4. The smallest absolute Gasteiger partial charge is 0.0715 e. The van der Waals surface area contributed by atoms with E-state index in [0.29, 0.717) is 0 Å². The first-order valence-corrected chi connectivity index (χ1v) is 18.1. The van der Waals surface area contributed by atoms with E-state index in [4.69, 9.17) is 0 Å². The number of carboxylic acids is 4. The number of aromatic amines is 2. The van der Waals surface area contributed by atoms with Gasteiger partial charge in [0.2, 0.25) is 0 Å². The number of aromatic carboxylic acids is 4. The van der Waals surface area contributed by atoms with Crippen LogP contribution in [0.4, 0.5) is 0 Å². The zero-order valence-corrected chi connectivity index (χ0v) is 33.2. The van der Waals surface area contributed by atoms with Crippen LogP contribution in [0.15, 0.2) is 170 Å². The van der Waals surface area contributed by atoms with Crippen molar-refractivity contribution in [3.05, 3.63) is 215 Å². The van der Waals surface area contributed by atoms with E-state index in [0.717, 1.165) is 44.8 Å². The summed E-state index contributed by atoms with van der Waals surface area (Å²) in [5, 5.41) is 40.4. The van der Waals surface area contributed by atoms with E-state index < -0.39 is 23.9 Å². The molecule has 3 aromatic heterocycles. The van der Waals surface area contributed by atoms with Gasteiger partial charge >= 0.3 is 0 Å². The van der Waals surface area contributed by atoms with Crippen LogP contribution in [0.5, 0.6) is 0 Å². The molecule has 9 rings (SSSR count). The van der Waals surface area contributed by atoms with E-state index in [1.54, 1.807) is 72.8 Å². The van der Waals surface area contributed by atoms with E-state index in [-0.39, 0.29) is 39.3 Å². The third-order valence-electron chi connectivity index (χ3n) is 8.08. The second-order valence-corrected chi connectivity index (χ2v) is 12.5. The summed E-state index contributed by atoms with van der Waals surface area (Å²) >= 11 is 0. The Morgan fingerprint density at radius 2 is 0.557 bits per heavy atom. The SMILES string of the molecule is C1=Cc2cc3ccc(cc4ccc(cc5nc(cc1n2)C=C5)[nH]4)[nH]3.O=C([O-])c1ccccc1.O=C([O-])c1ccccc1.O=C([O-])c1ccccc1.O=C([O-])c1ccccc1.[Mn]. The van der Waals surface area contributed by atoms with Gasteiger partial charge in [0.25, 0.3) is 0 Å². The molecule has 0 fully saturated rings. The van der Waals surface area contributed by atoms with Crippen molar-refractivity contribution < 1.29 is 56.7 Å². The van der Waals surface area contributed by atoms with Crippen LogP contribution >= 0.6 is 0 Å². The van der Waals surface area contributed by atoms with Crippen molar-refractivity contribution in [1.82, 2.24) is 19.9 Å². The number of nitrogens with one attached hydrogen (secondary N) is 2. The summed E-state index contributed by atoms with van der Waals surface area (Å²) in [4.78, 5) is 56.4. The average molecular weight is 850 g/mol. The largest absolute Gasteiger partial charge is 0.545 e. The molecule has 12 nitrogen and oxygen atoms in total. The van der Waals surface area contributed by atoms with Crippen LogP contribution in [-0.4, -0.2) is 43.8 Å². The number of carboxylic acid groups (broad SMARTS) is 4. The van der Waals surface area contributed by atoms with Gasteiger partial charge in [0.15, 0.2) is 0 Å². The second kappa shape index (κ2) is 23.3. The summed E-state index contributed by atoms with van der Waals surface area (Å²) in [5.41, 5.74) is 8.74. The first-order valence-electron chi connectivity index (χ1n) is 18.1. The fraction of sp³-hybridized carbons (Fsp3) is 0. The average Bonchev–Trinajstić information content (AvgIpc) is 4.11. The minimum Gasteiger partial charge on any atom is -0.545 e. The van der Waals surface area contributed by atoms with Gasteiger partial charge in [-0.1, -0.05) is 121 Å². The van der Waals surface area contributed by atoms with Gasteiger partial charge in [-0.2, -0.15) is 0 Å². The number of hydrogen-bond donors (Lipinski definition) is 2. The maximum atomic E-state index is 10.1. The molecule has 0 spiro atoms. The third kappa shape index (κ3) is 15.3. The summed E-state index contributed by atoms with van der Waals surface area (Å²) in [5.74, 6) is -4.52. The number of aromatic nitrogens is 4. The molecule has 1 radical (unpaired) electrons. The molecule has 8 bridgehead atoms. The number of fused-ring (bicyclic) bond motifs is 8. The van der Waals surface area contributed by atoms with Crippen LogP contribution in [0.2, 0.25) is 0 Å². The summed E-state index contributed by atoms with van der Waals surface area (Å²) in [6.45, 7) is 0. The molecule has 305 valence electrons. The van der Waals surface area contributed by atoms with Crippen LogP contribution in [0.25, 0.3) is 46.4 Å². The van der Waals surface area contributed by atoms with Gasteiger partial charge < -0.3 is 49.6 Å². The van der Waals surface area contributed by atoms with Crippen molar-refractivity contribution in [2.75, 3.05) is 0 Å². The molecule has 5 heterocycles. The minimum atomic E-state index is -1.13. The maximum Gasteiger partial charge on any atom is 0.0715 e. The Morgan fingerprint density at radius 3 is 0.787 bits per heavy atom. The van der Waals surface area contributed by atoms with Crippen molar-refractivity contribution in [1.29, 1.82) is 0 Å². The molecular weight excluding hydrogens is 815 g/mol. The van der Waals surface area contributed by atoms with Crippen molar-refractivity contribution in [3.8, 4) is 0 Å². The topological polar surface area (TPSA) is 218 Å². The predicted octanol–water partition coefficient (Wildman–Crippen LogP) is 4.85. The number of carbonyl (C=O) groups excluding carboxylic acids is 4. The molecule has 0 unspecified atom stereocenters. The van der Waals surface area contributed by atoms with Crippen molar-refractivity contribution in [2.24, 2.45) is 0 Å². The second-order valence-electron chi connectivity index (χ2n) is 12.5. The first-order chi connectivity index (χ1) is 29.0. The van der Waals surface area contributed by atoms with Crippen LogP contribution in [0, 0.1) is 0 Å². The normalized spacial score (nSPS) is 10.2. The zero-order chi connectivity index (χ0) is 42.7. The number of H-pyrrole nitrogens is 2. The molecule has 2 N–H and O–H groups in total. The van der Waals surface area contributed by atoms with Gasteiger partial charge in [0.05, 0.1) is 46.7 Å². The first kappa shape index (κ1) is 45.6. The Hall–Kier alpha value is -8.12. The Bertz CT molecular complexity index is 2480. The number of benzene rings is 4. The number of rotatable bonds is 4. The fourth-order valence-corrected chi connectivity index (χ4v) is 5.24. The van der Waals surface area contributed by atoms with Gasteiger partial charge in [-0.3, -0.25) is 0 Å². The predicted molar refractivity (Wildman–Crippen MR) is 222 cm³/mol. The molecule has 61 heavy (non-hydrogen) atoms. The van der Waals surface area contributed by atoms with Crippen LogP contribution in [0.1, 0.15) is 64.2 Å². The van der Waals surface area contributed by atoms with E-state index in [9.17, 15) is 39.6 Å². The van der Waals surface area contributed by atoms with E-state index in [2.05, 4.69) is 50.3 Å². The third-order valence-corrected chi connectivity index (χ3v) is 8.08. The van der Waals surface area contributed by atoms with Gasteiger partial charge in [-0.15, -0.1) is 0 Å². The zero-order valence-electron chi connectivity index (χ0n) is 32.0. The molecule has 0 aliphatic carbocycles. The molecule has 0 amide bonds. The molecular formula is C48H34MnN4O8-4. The van der Waals surface area contributed by atoms with E-state index >= 15 is 0 Å². The molecule has 2 aliphatic rings. The fourth-order valence-electron chi connectivity index (χ4n) is 5.24. The molecule has 0 atom stereocenters. The number of hydrogen-bond acceptors (Lipinski definition) is 10. The maximum absolute atomic E-state index is 10.1. The van der Waals surface area contributed by atoms with Gasteiger partial charge in [-0.05, 0) is 95.1 Å². The van der Waals surface area contributed by atoms with Gasteiger partial charge in [0.1, 0.15) is 0 Å². The Kier molecular flexibility index (Phi) is 17.4. The minimum absolute atomic E-state index is 0. The Labute approximate surface area is 360 Å². The quantitative estimate of drug-likeness (QED) is 0.229.